The number of carbonyl (C=O) groups is 3. The molecule has 4 rings (SSSR count). The molecule has 0 aromatic carbocycles. The second-order valence-electron chi connectivity index (χ2n) is 10.0. The molecule has 34 heavy (non-hydrogen) atoms. The van der Waals surface area contributed by atoms with Crippen molar-refractivity contribution in [3.63, 3.8) is 0 Å². The van der Waals surface area contributed by atoms with Crippen LogP contribution in [0.1, 0.15) is 68.6 Å². The summed E-state index contributed by atoms with van der Waals surface area (Å²) in [5, 5.41) is 6.61. The summed E-state index contributed by atoms with van der Waals surface area (Å²) in [5.74, 6) is 0.333. The van der Waals surface area contributed by atoms with E-state index < -0.39 is 0 Å². The molecule has 2 N–H and O–H groups in total. The van der Waals surface area contributed by atoms with E-state index in [1.165, 1.54) is 11.8 Å². The van der Waals surface area contributed by atoms with Gasteiger partial charge in [0.05, 0.1) is 11.6 Å². The van der Waals surface area contributed by atoms with E-state index in [-0.39, 0.29) is 35.3 Å². The Bertz CT molecular complexity index is 902. The fourth-order valence-electron chi connectivity index (χ4n) is 5.57. The molecule has 4 amide bonds. The minimum Gasteiger partial charge on any atom is -0.342 e. The van der Waals surface area contributed by atoms with Gasteiger partial charge in [-0.05, 0) is 62.8 Å². The fourth-order valence-corrected chi connectivity index (χ4v) is 6.11. The van der Waals surface area contributed by atoms with Crippen LogP contribution in [0.3, 0.4) is 0 Å². The Morgan fingerprint density at radius 2 is 1.85 bits per heavy atom. The lowest BCUT2D eigenvalue weighted by Crippen LogP contribution is -2.44. The maximum Gasteiger partial charge on any atom is 0.315 e. The summed E-state index contributed by atoms with van der Waals surface area (Å²) in [5.41, 5.74) is 0.850. The van der Waals surface area contributed by atoms with Crippen LogP contribution < -0.4 is 10.6 Å². The first-order valence-corrected chi connectivity index (χ1v) is 13.8. The van der Waals surface area contributed by atoms with Gasteiger partial charge in [0.25, 0.3) is 5.91 Å². The lowest BCUT2D eigenvalue weighted by molar-refractivity contribution is -0.130. The zero-order valence-corrected chi connectivity index (χ0v) is 21.2. The summed E-state index contributed by atoms with van der Waals surface area (Å²) < 4.78 is 0. The quantitative estimate of drug-likeness (QED) is 0.434. The zero-order valence-electron chi connectivity index (χ0n) is 20.3. The number of nitrogens with one attached hydrogen (secondary N) is 2. The molecule has 1 aromatic rings. The van der Waals surface area contributed by atoms with E-state index in [1.807, 2.05) is 35.1 Å². The molecule has 3 aliphatic heterocycles. The van der Waals surface area contributed by atoms with Crippen LogP contribution in [0, 0.1) is 5.41 Å². The normalized spacial score (nSPS) is 23.8. The molecule has 4 heterocycles. The zero-order chi connectivity index (χ0) is 24.1. The molecule has 9 heteroatoms. The van der Waals surface area contributed by atoms with Gasteiger partial charge in [0.15, 0.2) is 0 Å². The van der Waals surface area contributed by atoms with E-state index in [0.717, 1.165) is 76.2 Å². The standard InChI is InChI=1S/C25H37N5O3S/c1-18-20(28-24(33)27-18)8-4-3-5-9-21(31)30-16-12-25(17-30)10-14-29(15-11-25)23(32)19-7-6-13-26-22(19)34-2/h6-7,13,18,20H,3-5,8-12,14-17H2,1-2H3,(H2,27,28,33)/t18-,20+/m0/s1. The number of carbonyl (C=O) groups excluding carboxylic acids is 3. The highest BCUT2D eigenvalue weighted by Crippen LogP contribution is 2.41. The van der Waals surface area contributed by atoms with Crippen LogP contribution in [-0.4, -0.2) is 77.1 Å². The van der Waals surface area contributed by atoms with Crippen molar-refractivity contribution in [3.05, 3.63) is 23.9 Å². The van der Waals surface area contributed by atoms with Gasteiger partial charge in [-0.1, -0.05) is 12.8 Å². The van der Waals surface area contributed by atoms with Crippen molar-refractivity contribution in [2.45, 2.75) is 75.4 Å². The third kappa shape index (κ3) is 5.67. The lowest BCUT2D eigenvalue weighted by Gasteiger charge is -2.39. The average Bonchev–Trinajstić information content (AvgIpc) is 3.41. The molecule has 2 atom stereocenters. The third-order valence-corrected chi connectivity index (χ3v) is 8.49. The van der Waals surface area contributed by atoms with Gasteiger partial charge in [0, 0.05) is 44.8 Å². The van der Waals surface area contributed by atoms with Crippen molar-refractivity contribution in [2.24, 2.45) is 5.41 Å². The molecule has 0 bridgehead atoms. The van der Waals surface area contributed by atoms with Gasteiger partial charge >= 0.3 is 6.03 Å². The molecule has 0 unspecified atom stereocenters. The number of pyridine rings is 1. The van der Waals surface area contributed by atoms with Crippen molar-refractivity contribution in [1.82, 2.24) is 25.4 Å². The van der Waals surface area contributed by atoms with Gasteiger partial charge in [0.1, 0.15) is 5.03 Å². The van der Waals surface area contributed by atoms with Crippen LogP contribution in [0.25, 0.3) is 0 Å². The Kier molecular flexibility index (Phi) is 8.01. The molecule has 0 aliphatic carbocycles. The molecule has 1 aromatic heterocycles. The smallest absolute Gasteiger partial charge is 0.315 e. The SMILES string of the molecule is CSc1ncccc1C(=O)N1CCC2(CCN(C(=O)CCCCC[C@H]3NC(=O)N[C@H]3C)C2)CC1. The van der Waals surface area contributed by atoms with Crippen LogP contribution >= 0.6 is 11.8 Å². The minimum atomic E-state index is -0.0763. The van der Waals surface area contributed by atoms with Gasteiger partial charge in [-0.2, -0.15) is 0 Å². The summed E-state index contributed by atoms with van der Waals surface area (Å²) in [6.07, 6.45) is 11.1. The van der Waals surface area contributed by atoms with Crippen LogP contribution in [-0.2, 0) is 4.79 Å². The van der Waals surface area contributed by atoms with E-state index in [1.54, 1.807) is 6.20 Å². The Labute approximate surface area is 206 Å². The Morgan fingerprint density at radius 3 is 2.53 bits per heavy atom. The first-order valence-electron chi connectivity index (χ1n) is 12.5. The number of amides is 4. The molecular weight excluding hydrogens is 450 g/mol. The molecule has 1 spiro atoms. The molecule has 0 radical (unpaired) electrons. The highest BCUT2D eigenvalue weighted by Gasteiger charge is 2.42. The van der Waals surface area contributed by atoms with Crippen molar-refractivity contribution in [2.75, 3.05) is 32.4 Å². The van der Waals surface area contributed by atoms with E-state index in [4.69, 9.17) is 0 Å². The van der Waals surface area contributed by atoms with Crippen LogP contribution in [0.4, 0.5) is 4.79 Å². The number of unbranched alkanes of at least 4 members (excludes halogenated alkanes) is 2. The summed E-state index contributed by atoms with van der Waals surface area (Å²) in [7, 11) is 0. The summed E-state index contributed by atoms with van der Waals surface area (Å²) in [4.78, 5) is 45.5. The van der Waals surface area contributed by atoms with E-state index >= 15 is 0 Å². The molecule has 3 aliphatic rings. The highest BCUT2D eigenvalue weighted by atomic mass is 32.2. The Hall–Kier alpha value is -2.29. The fraction of sp³-hybridized carbons (Fsp3) is 0.680. The van der Waals surface area contributed by atoms with E-state index in [9.17, 15) is 14.4 Å². The average molecular weight is 488 g/mol. The molecule has 0 saturated carbocycles. The van der Waals surface area contributed by atoms with Gasteiger partial charge in [-0.25, -0.2) is 9.78 Å². The maximum atomic E-state index is 13.0. The number of thioether (sulfide) groups is 1. The number of nitrogens with zero attached hydrogens (tertiary/aromatic N) is 3. The summed E-state index contributed by atoms with van der Waals surface area (Å²) >= 11 is 1.50. The topological polar surface area (TPSA) is 94.6 Å². The number of urea groups is 1. The van der Waals surface area contributed by atoms with Crippen LogP contribution in [0.5, 0.6) is 0 Å². The van der Waals surface area contributed by atoms with Crippen molar-refractivity contribution in [1.29, 1.82) is 0 Å². The summed E-state index contributed by atoms with van der Waals surface area (Å²) in [6.45, 7) is 5.18. The van der Waals surface area contributed by atoms with E-state index in [0.29, 0.717) is 12.0 Å². The lowest BCUT2D eigenvalue weighted by atomic mass is 9.77. The minimum absolute atomic E-state index is 0.0700. The second-order valence-corrected chi connectivity index (χ2v) is 10.8. The molecule has 8 nitrogen and oxygen atoms in total. The predicted molar refractivity (Wildman–Crippen MR) is 133 cm³/mol. The Balaban J connectivity index is 1.17. The van der Waals surface area contributed by atoms with Gasteiger partial charge in [-0.15, -0.1) is 11.8 Å². The number of hydrogen-bond donors (Lipinski definition) is 2. The molecule has 186 valence electrons. The van der Waals surface area contributed by atoms with Gasteiger partial charge < -0.3 is 20.4 Å². The van der Waals surface area contributed by atoms with Crippen LogP contribution in [0.2, 0.25) is 0 Å². The van der Waals surface area contributed by atoms with Crippen molar-refractivity contribution < 1.29 is 14.4 Å². The first-order chi connectivity index (χ1) is 16.4. The van der Waals surface area contributed by atoms with Gasteiger partial charge in [0.2, 0.25) is 5.91 Å². The van der Waals surface area contributed by atoms with Crippen molar-refractivity contribution >= 4 is 29.6 Å². The number of aromatic nitrogens is 1. The number of piperidine rings is 1. The van der Waals surface area contributed by atoms with E-state index in [2.05, 4.69) is 15.6 Å². The van der Waals surface area contributed by atoms with Crippen LogP contribution in [0.15, 0.2) is 23.4 Å². The maximum absolute atomic E-state index is 13.0. The number of likely N-dealkylation sites (tertiary alicyclic amines) is 2. The number of hydrogen-bond acceptors (Lipinski definition) is 5. The largest absolute Gasteiger partial charge is 0.342 e. The molecule has 3 fully saturated rings. The number of rotatable bonds is 8. The second kappa shape index (κ2) is 11.0. The van der Waals surface area contributed by atoms with Gasteiger partial charge in [-0.3, -0.25) is 9.59 Å². The first kappa shape index (κ1) is 24.8. The van der Waals surface area contributed by atoms with Crippen molar-refractivity contribution in [3.8, 4) is 0 Å². The Morgan fingerprint density at radius 1 is 1.12 bits per heavy atom. The summed E-state index contributed by atoms with van der Waals surface area (Å²) in [6, 6.07) is 3.98. The highest BCUT2D eigenvalue weighted by molar-refractivity contribution is 7.98. The monoisotopic (exact) mass is 487 g/mol. The third-order valence-electron chi connectivity index (χ3n) is 7.78. The molecular formula is C25H37N5O3S. The molecule has 3 saturated heterocycles. The predicted octanol–water partition coefficient (Wildman–Crippen LogP) is 3.28.